The van der Waals surface area contributed by atoms with Gasteiger partial charge < -0.3 is 5.32 Å². The summed E-state index contributed by atoms with van der Waals surface area (Å²) in [6, 6.07) is 3.66. The molecule has 0 unspecified atom stereocenters. The summed E-state index contributed by atoms with van der Waals surface area (Å²) in [6.07, 6.45) is 6.86. The molecule has 1 amide bonds. The van der Waals surface area contributed by atoms with Gasteiger partial charge in [0, 0.05) is 24.2 Å². The summed E-state index contributed by atoms with van der Waals surface area (Å²) in [5, 5.41) is 3.23. The van der Waals surface area contributed by atoms with Crippen molar-refractivity contribution in [3.63, 3.8) is 0 Å². The van der Waals surface area contributed by atoms with E-state index in [0.29, 0.717) is 17.8 Å². The van der Waals surface area contributed by atoms with Crippen LogP contribution >= 0.6 is 0 Å². The zero-order valence-corrected chi connectivity index (χ0v) is 17.4. The molecule has 4 bridgehead atoms. The highest BCUT2D eigenvalue weighted by atomic mass is 32.2. The molecule has 4 saturated carbocycles. The minimum atomic E-state index is -3.96. The Morgan fingerprint density at radius 1 is 1.11 bits per heavy atom. The number of halogens is 1. The molecule has 4 fully saturated rings. The molecule has 0 aromatic heterocycles. The highest BCUT2D eigenvalue weighted by molar-refractivity contribution is 7.89. The maximum absolute atomic E-state index is 14.3. The van der Waals surface area contributed by atoms with E-state index >= 15 is 0 Å². The zero-order valence-electron chi connectivity index (χ0n) is 16.6. The summed E-state index contributed by atoms with van der Waals surface area (Å²) in [6.45, 7) is 3.93. The van der Waals surface area contributed by atoms with E-state index < -0.39 is 20.7 Å². The predicted octanol–water partition coefficient (Wildman–Crippen LogP) is 3.55. The Labute approximate surface area is 166 Å². The zero-order chi connectivity index (χ0) is 20.1. The van der Waals surface area contributed by atoms with Gasteiger partial charge in [0.2, 0.25) is 10.0 Å². The van der Waals surface area contributed by atoms with Crippen LogP contribution in [0, 0.1) is 23.6 Å². The fourth-order valence-corrected chi connectivity index (χ4v) is 7.67. The molecule has 0 atom stereocenters. The molecule has 0 radical (unpaired) electrons. The number of sulfonamides is 1. The third kappa shape index (κ3) is 3.36. The first-order valence-electron chi connectivity index (χ1n) is 10.4. The van der Waals surface area contributed by atoms with Gasteiger partial charge in [0.05, 0.1) is 0 Å². The van der Waals surface area contributed by atoms with Crippen LogP contribution in [0.2, 0.25) is 0 Å². The number of nitrogens with zero attached hydrogens (tertiary/aromatic N) is 1. The second-order valence-electron chi connectivity index (χ2n) is 8.89. The van der Waals surface area contributed by atoms with Crippen molar-refractivity contribution in [1.29, 1.82) is 0 Å². The highest BCUT2D eigenvalue weighted by Crippen LogP contribution is 2.55. The number of carbonyl (C=O) groups is 1. The standard InChI is InChI=1S/C21H29FN2O3S/c1-3-24(4-2)28(26,27)19-10-17(5-6-18(19)22)20(25)23-21-11-14-7-15(12-21)9-16(8-14)13-21/h5-6,10,14-16H,3-4,7-9,11-13H2,1-2H3,(H,23,25). The monoisotopic (exact) mass is 408 g/mol. The molecule has 5 rings (SSSR count). The number of rotatable bonds is 6. The van der Waals surface area contributed by atoms with Crippen LogP contribution in [0.25, 0.3) is 0 Å². The predicted molar refractivity (Wildman–Crippen MR) is 105 cm³/mol. The molecule has 1 aromatic rings. The lowest BCUT2D eigenvalue weighted by atomic mass is 9.53. The van der Waals surface area contributed by atoms with Crippen LogP contribution in [0.3, 0.4) is 0 Å². The smallest absolute Gasteiger partial charge is 0.251 e. The van der Waals surface area contributed by atoms with Gasteiger partial charge in [-0.1, -0.05) is 13.8 Å². The molecule has 4 aliphatic carbocycles. The van der Waals surface area contributed by atoms with Gasteiger partial charge in [0.25, 0.3) is 5.91 Å². The molecule has 7 heteroatoms. The van der Waals surface area contributed by atoms with Gasteiger partial charge in [-0.25, -0.2) is 12.8 Å². The van der Waals surface area contributed by atoms with Crippen molar-refractivity contribution in [1.82, 2.24) is 9.62 Å². The van der Waals surface area contributed by atoms with E-state index in [9.17, 15) is 17.6 Å². The second kappa shape index (κ2) is 7.10. The fraction of sp³-hybridized carbons (Fsp3) is 0.667. The van der Waals surface area contributed by atoms with E-state index in [-0.39, 0.29) is 30.1 Å². The summed E-state index contributed by atoms with van der Waals surface area (Å²) in [5.74, 6) is 0.964. The van der Waals surface area contributed by atoms with Crippen molar-refractivity contribution in [3.05, 3.63) is 29.6 Å². The van der Waals surface area contributed by atoms with Gasteiger partial charge in [0.1, 0.15) is 10.7 Å². The summed E-state index contributed by atoms with van der Waals surface area (Å²) in [4.78, 5) is 12.6. The molecule has 154 valence electrons. The Balaban J connectivity index is 1.59. The molecule has 0 aliphatic heterocycles. The molecule has 1 N–H and O–H groups in total. The number of benzene rings is 1. The maximum Gasteiger partial charge on any atom is 0.251 e. The number of hydrogen-bond acceptors (Lipinski definition) is 3. The molecule has 1 aromatic carbocycles. The number of hydrogen-bond donors (Lipinski definition) is 1. The van der Waals surface area contributed by atoms with Crippen molar-refractivity contribution in [3.8, 4) is 0 Å². The van der Waals surface area contributed by atoms with Crippen molar-refractivity contribution < 1.29 is 17.6 Å². The van der Waals surface area contributed by atoms with E-state index in [0.717, 1.165) is 25.3 Å². The minimum Gasteiger partial charge on any atom is -0.347 e. The van der Waals surface area contributed by atoms with Gasteiger partial charge >= 0.3 is 0 Å². The summed E-state index contributed by atoms with van der Waals surface area (Å²) < 4.78 is 41.1. The van der Waals surface area contributed by atoms with Crippen LogP contribution in [0.4, 0.5) is 4.39 Å². The molecule has 5 nitrogen and oxygen atoms in total. The van der Waals surface area contributed by atoms with Crippen LogP contribution in [0.5, 0.6) is 0 Å². The van der Waals surface area contributed by atoms with Crippen molar-refractivity contribution in [2.24, 2.45) is 17.8 Å². The highest BCUT2D eigenvalue weighted by Gasteiger charge is 2.51. The minimum absolute atomic E-state index is 0.169. The van der Waals surface area contributed by atoms with Crippen LogP contribution in [-0.4, -0.2) is 37.3 Å². The first kappa shape index (κ1) is 19.8. The molecule has 28 heavy (non-hydrogen) atoms. The number of nitrogens with one attached hydrogen (secondary N) is 1. The Hall–Kier alpha value is -1.47. The lowest BCUT2D eigenvalue weighted by Gasteiger charge is -2.56. The van der Waals surface area contributed by atoms with Gasteiger partial charge in [-0.2, -0.15) is 4.31 Å². The summed E-state index contributed by atoms with van der Waals surface area (Å²) in [5.41, 5.74) is 0.0425. The van der Waals surface area contributed by atoms with E-state index in [2.05, 4.69) is 5.32 Å². The first-order valence-corrected chi connectivity index (χ1v) is 11.8. The van der Waals surface area contributed by atoms with Gasteiger partial charge in [-0.05, 0) is 74.5 Å². The Morgan fingerprint density at radius 3 is 2.14 bits per heavy atom. The van der Waals surface area contributed by atoms with Crippen LogP contribution in [0.1, 0.15) is 62.7 Å². The number of amides is 1. The van der Waals surface area contributed by atoms with Crippen LogP contribution in [0.15, 0.2) is 23.1 Å². The average Bonchev–Trinajstić information content (AvgIpc) is 2.61. The Kier molecular flexibility index (Phi) is 5.02. The third-order valence-electron chi connectivity index (χ3n) is 6.93. The quantitative estimate of drug-likeness (QED) is 0.783. The molecule has 0 saturated heterocycles. The summed E-state index contributed by atoms with van der Waals surface area (Å²) >= 11 is 0. The topological polar surface area (TPSA) is 66.5 Å². The van der Waals surface area contributed by atoms with Crippen molar-refractivity contribution in [2.45, 2.75) is 62.8 Å². The first-order chi connectivity index (χ1) is 13.3. The SMILES string of the molecule is CCN(CC)S(=O)(=O)c1cc(C(=O)NC23CC4CC(CC(C4)C2)C3)ccc1F. The normalized spacial score (nSPS) is 31.4. The van der Waals surface area contributed by atoms with Gasteiger partial charge in [-0.15, -0.1) is 0 Å². The Morgan fingerprint density at radius 2 is 1.64 bits per heavy atom. The molecular formula is C21H29FN2O3S. The van der Waals surface area contributed by atoms with Crippen LogP contribution in [-0.2, 0) is 10.0 Å². The van der Waals surface area contributed by atoms with E-state index in [1.165, 1.54) is 35.7 Å². The van der Waals surface area contributed by atoms with Gasteiger partial charge in [-0.3, -0.25) is 4.79 Å². The van der Waals surface area contributed by atoms with E-state index in [1.54, 1.807) is 13.8 Å². The fourth-order valence-electron chi connectivity index (χ4n) is 6.12. The summed E-state index contributed by atoms with van der Waals surface area (Å²) in [7, 11) is -3.96. The Bertz CT molecular complexity index is 844. The molecular weight excluding hydrogens is 379 g/mol. The maximum atomic E-state index is 14.3. The number of carbonyl (C=O) groups excluding carboxylic acids is 1. The lowest BCUT2D eigenvalue weighted by Crippen LogP contribution is -2.59. The third-order valence-corrected chi connectivity index (χ3v) is 9.00. The van der Waals surface area contributed by atoms with Crippen molar-refractivity contribution in [2.75, 3.05) is 13.1 Å². The average molecular weight is 409 g/mol. The second-order valence-corrected chi connectivity index (χ2v) is 10.8. The largest absolute Gasteiger partial charge is 0.347 e. The van der Waals surface area contributed by atoms with Gasteiger partial charge in [0.15, 0.2) is 0 Å². The molecule has 4 aliphatic rings. The molecule has 0 spiro atoms. The lowest BCUT2D eigenvalue weighted by molar-refractivity contribution is -0.0167. The van der Waals surface area contributed by atoms with Crippen molar-refractivity contribution >= 4 is 15.9 Å². The van der Waals surface area contributed by atoms with E-state index in [1.807, 2.05) is 0 Å². The van der Waals surface area contributed by atoms with E-state index in [4.69, 9.17) is 0 Å². The van der Waals surface area contributed by atoms with Crippen LogP contribution < -0.4 is 5.32 Å². The molecule has 0 heterocycles.